The molecule has 0 fully saturated rings. The van der Waals surface area contributed by atoms with Gasteiger partial charge in [0.15, 0.2) is 0 Å². The van der Waals surface area contributed by atoms with Gasteiger partial charge in [-0.1, -0.05) is 263 Å². The third-order valence-corrected chi connectivity index (χ3v) is 21.8. The summed E-state index contributed by atoms with van der Waals surface area (Å²) in [6, 6.07) is 43.1. The van der Waals surface area contributed by atoms with E-state index in [1.807, 2.05) is 0 Å². The van der Waals surface area contributed by atoms with Crippen LogP contribution in [0.15, 0.2) is 97.1 Å². The maximum atomic E-state index is 2.74. The van der Waals surface area contributed by atoms with Gasteiger partial charge in [-0.3, -0.25) is 0 Å². The number of hydrogen-bond acceptors (Lipinski definition) is 0. The molecular formula is C84H92. The van der Waals surface area contributed by atoms with E-state index in [1.165, 1.54) is 134 Å². The smallest absolute Gasteiger partial charge is 0.0224 e. The van der Waals surface area contributed by atoms with Crippen LogP contribution in [0.1, 0.15) is 279 Å². The summed E-state index contributed by atoms with van der Waals surface area (Å²) >= 11 is 0. The highest BCUT2D eigenvalue weighted by molar-refractivity contribution is 6.06. The summed E-state index contributed by atoms with van der Waals surface area (Å²) in [5, 5.41) is 0. The molecule has 0 atom stereocenters. The Balaban J connectivity index is 1.24. The highest BCUT2D eigenvalue weighted by Gasteiger charge is 2.55. The predicted molar refractivity (Wildman–Crippen MR) is 360 cm³/mol. The van der Waals surface area contributed by atoms with E-state index in [4.69, 9.17) is 0 Å². The van der Waals surface area contributed by atoms with Gasteiger partial charge in [0.25, 0.3) is 0 Å². The van der Waals surface area contributed by atoms with Gasteiger partial charge in [0.05, 0.1) is 0 Å². The van der Waals surface area contributed by atoms with Crippen LogP contribution in [-0.4, -0.2) is 0 Å². The van der Waals surface area contributed by atoms with Gasteiger partial charge < -0.3 is 0 Å². The van der Waals surface area contributed by atoms with E-state index in [9.17, 15) is 0 Å². The minimum Gasteiger partial charge on any atom is -0.0561 e. The standard InChI is InChI=1S/C84H92/c1-77(2,3)41-25-49-57-33-45(81(13,14)15)37-61-62-38-47(83(19,20)21)35-59-51-27-43(79(7,8)9)31-55-56-32-44(80(10,11)12)28-52-60-36-48(84(22,23)24)40-64-63-39-46(82(16,17)18)34-58-50-26-42(78(4,5)6)30-54(66(50)74(70(58)63)76(68(52)56)72(60)64)53(29-41)65(49)73(69(57)61)75(67(51)55)71(59)62/h25-40,73-76H,1-24H3/t73-,74-,75+,76+. The summed E-state index contributed by atoms with van der Waals surface area (Å²) in [5.74, 6) is 0.369. The maximum Gasteiger partial charge on any atom is 0.0224 e. The molecule has 7 aliphatic rings. The number of rotatable bonds is 0. The molecule has 0 saturated carbocycles. The van der Waals surface area contributed by atoms with E-state index < -0.39 is 0 Å². The molecular weight excluding hydrogens is 1010 g/mol. The SMILES string of the molecule is CC(C)(C)c1cc2c3c(c1)-c1cc(C(C)(C)C)cc4c1[C@H]3[C@H]1c3c-4cc(C(C)(C)C)cc3-c3cc(C(C)(C)C)cc(c31)-c1cc(C(C)(C)C)cc3c1[C@@H]1c4c(cc(C(C)(C)C)cc4-3)-c3cc(C(C)(C)C)cc4c3[C@@H]1c1c-2cc(C(C)(C)C)cc1-4. The average Bonchev–Trinajstić information content (AvgIpc) is 1.51. The Morgan fingerprint density at radius 3 is 0.274 bits per heavy atom. The lowest BCUT2D eigenvalue weighted by atomic mass is 9.64. The first kappa shape index (κ1) is 54.4. The Bertz CT molecular complexity index is 3790. The van der Waals surface area contributed by atoms with Crippen molar-refractivity contribution in [2.45, 2.75) is 233 Å². The van der Waals surface area contributed by atoms with E-state index in [2.05, 4.69) is 263 Å². The van der Waals surface area contributed by atoms with Crippen molar-refractivity contribution in [3.63, 3.8) is 0 Å². The van der Waals surface area contributed by atoms with Gasteiger partial charge in [-0.25, -0.2) is 0 Å². The first-order valence-electron chi connectivity index (χ1n) is 32.2. The molecule has 0 bridgehead atoms. The largest absolute Gasteiger partial charge is 0.0561 e. The molecule has 0 spiro atoms. The van der Waals surface area contributed by atoms with Crippen molar-refractivity contribution in [2.75, 3.05) is 0 Å². The van der Waals surface area contributed by atoms with Crippen LogP contribution in [0.25, 0.3) is 89.0 Å². The molecule has 428 valence electrons. The molecule has 0 unspecified atom stereocenters. The molecule has 8 aromatic rings. The number of fused-ring (bicyclic) bond motifs is 8. The van der Waals surface area contributed by atoms with Crippen molar-refractivity contribution in [3.8, 4) is 89.0 Å². The molecule has 0 amide bonds. The third kappa shape index (κ3) is 7.24. The summed E-state index contributed by atoms with van der Waals surface area (Å²) in [6.45, 7) is 58.8. The van der Waals surface area contributed by atoms with Gasteiger partial charge >= 0.3 is 0 Å². The highest BCUT2D eigenvalue weighted by atomic mass is 14.6. The van der Waals surface area contributed by atoms with E-state index in [1.54, 1.807) is 44.5 Å². The Labute approximate surface area is 505 Å². The second-order valence-corrected chi connectivity index (χ2v) is 35.8. The predicted octanol–water partition coefficient (Wildman–Crippen LogP) is 23.5. The molecule has 0 aliphatic heterocycles. The van der Waals surface area contributed by atoms with E-state index >= 15 is 0 Å². The zero-order valence-corrected chi connectivity index (χ0v) is 55.5. The van der Waals surface area contributed by atoms with Crippen LogP contribution in [0.3, 0.4) is 0 Å². The van der Waals surface area contributed by atoms with E-state index in [0.717, 1.165) is 0 Å². The van der Waals surface area contributed by atoms with Crippen molar-refractivity contribution in [1.82, 2.24) is 0 Å². The van der Waals surface area contributed by atoms with Crippen LogP contribution in [0, 0.1) is 0 Å². The average molecular weight is 1100 g/mol. The van der Waals surface area contributed by atoms with Crippen LogP contribution in [0.5, 0.6) is 0 Å². The maximum absolute atomic E-state index is 2.74. The quantitative estimate of drug-likeness (QED) is 0.142. The lowest BCUT2D eigenvalue weighted by molar-refractivity contribution is 0.587. The van der Waals surface area contributed by atoms with Gasteiger partial charge in [0.2, 0.25) is 0 Å². The molecule has 0 heteroatoms. The highest BCUT2D eigenvalue weighted by Crippen LogP contribution is 2.73. The first-order valence-corrected chi connectivity index (χ1v) is 32.2. The molecule has 15 rings (SSSR count). The molecule has 8 aromatic carbocycles. The fourth-order valence-electron chi connectivity index (χ4n) is 16.8. The van der Waals surface area contributed by atoms with Gasteiger partial charge in [-0.2, -0.15) is 0 Å². The lowest BCUT2D eigenvalue weighted by Crippen LogP contribution is -2.22. The van der Waals surface area contributed by atoms with Gasteiger partial charge in [-0.05, 0) is 221 Å². The zero-order valence-electron chi connectivity index (χ0n) is 55.5. The molecule has 84 heavy (non-hydrogen) atoms. The van der Waals surface area contributed by atoms with Crippen LogP contribution >= 0.6 is 0 Å². The number of benzene rings is 8. The lowest BCUT2D eigenvalue weighted by Gasteiger charge is -2.38. The second kappa shape index (κ2) is 16.0. The van der Waals surface area contributed by atoms with Gasteiger partial charge in [0.1, 0.15) is 0 Å². The Kier molecular flexibility index (Phi) is 10.4. The first-order chi connectivity index (χ1) is 38.7. The van der Waals surface area contributed by atoms with E-state index in [-0.39, 0.29) is 67.0 Å². The minimum absolute atomic E-state index is 0.0671. The fraction of sp³-hybridized carbons (Fsp3) is 0.429. The Morgan fingerprint density at radius 2 is 0.214 bits per heavy atom. The zero-order chi connectivity index (χ0) is 60.1. The monoisotopic (exact) mass is 1100 g/mol. The molecule has 0 saturated heterocycles. The van der Waals surface area contributed by atoms with Crippen LogP contribution in [0.4, 0.5) is 0 Å². The number of hydrogen-bond donors (Lipinski definition) is 0. The second-order valence-electron chi connectivity index (χ2n) is 35.8. The van der Waals surface area contributed by atoms with Crippen LogP contribution in [-0.2, 0) is 43.3 Å². The normalized spacial score (nSPS) is 19.0. The molecule has 0 nitrogen and oxygen atoms in total. The fourth-order valence-corrected chi connectivity index (χ4v) is 16.8. The Morgan fingerprint density at radius 1 is 0.143 bits per heavy atom. The molecule has 0 N–H and O–H groups in total. The van der Waals surface area contributed by atoms with Crippen LogP contribution < -0.4 is 0 Å². The van der Waals surface area contributed by atoms with Gasteiger partial charge in [-0.15, -0.1) is 0 Å². The molecule has 0 aromatic heterocycles. The summed E-state index contributed by atoms with van der Waals surface area (Å²) in [6.07, 6.45) is 0. The molecule has 7 aliphatic carbocycles. The molecule has 0 heterocycles. The summed E-state index contributed by atoms with van der Waals surface area (Å²) in [4.78, 5) is 0. The van der Waals surface area contributed by atoms with Crippen molar-refractivity contribution >= 4 is 0 Å². The van der Waals surface area contributed by atoms with Crippen molar-refractivity contribution in [3.05, 3.63) is 186 Å². The Hall–Kier alpha value is -6.24. The summed E-state index contributed by atoms with van der Waals surface area (Å²) < 4.78 is 0. The molecule has 0 radical (unpaired) electrons. The van der Waals surface area contributed by atoms with Crippen LogP contribution in [0.2, 0.25) is 0 Å². The minimum atomic E-state index is -0.109. The summed E-state index contributed by atoms with van der Waals surface area (Å²) in [7, 11) is 0. The topological polar surface area (TPSA) is 0 Å². The third-order valence-electron chi connectivity index (χ3n) is 21.8. The summed E-state index contributed by atoms with van der Waals surface area (Å²) in [5.41, 5.74) is 46.4. The van der Waals surface area contributed by atoms with Crippen molar-refractivity contribution < 1.29 is 0 Å². The van der Waals surface area contributed by atoms with Crippen molar-refractivity contribution in [2.24, 2.45) is 0 Å². The van der Waals surface area contributed by atoms with Gasteiger partial charge in [0, 0.05) is 23.7 Å². The van der Waals surface area contributed by atoms with Crippen molar-refractivity contribution in [1.29, 1.82) is 0 Å². The van der Waals surface area contributed by atoms with E-state index in [0.29, 0.717) is 0 Å².